The standard InChI is InChI=1S/C16H17NO4/c1-10(2)17-16(20)13-5-3-4-12-14(13)6-11(7-15(12)19)8-21-9-18/h3-7,9-10,19H,8H2,1-2H3,(H,17,20). The van der Waals surface area contributed by atoms with E-state index in [0.717, 1.165) is 0 Å². The van der Waals surface area contributed by atoms with Crippen LogP contribution in [-0.2, 0) is 16.1 Å². The van der Waals surface area contributed by atoms with Gasteiger partial charge in [0.1, 0.15) is 12.4 Å². The van der Waals surface area contributed by atoms with E-state index in [2.05, 4.69) is 5.32 Å². The molecule has 0 saturated carbocycles. The summed E-state index contributed by atoms with van der Waals surface area (Å²) in [4.78, 5) is 22.5. The summed E-state index contributed by atoms with van der Waals surface area (Å²) in [5.41, 5.74) is 1.10. The Morgan fingerprint density at radius 2 is 2.10 bits per heavy atom. The van der Waals surface area contributed by atoms with Gasteiger partial charge in [-0.1, -0.05) is 12.1 Å². The molecule has 110 valence electrons. The largest absolute Gasteiger partial charge is 0.507 e. The molecule has 1 amide bonds. The maximum atomic E-state index is 12.2. The number of nitrogens with one attached hydrogen (secondary N) is 1. The van der Waals surface area contributed by atoms with Gasteiger partial charge in [0.25, 0.3) is 12.4 Å². The second kappa shape index (κ2) is 6.26. The van der Waals surface area contributed by atoms with E-state index in [1.807, 2.05) is 13.8 Å². The fourth-order valence-corrected chi connectivity index (χ4v) is 2.18. The zero-order valence-electron chi connectivity index (χ0n) is 11.9. The molecule has 0 aliphatic carbocycles. The first-order valence-corrected chi connectivity index (χ1v) is 6.63. The molecule has 2 aromatic rings. The minimum Gasteiger partial charge on any atom is -0.507 e. The molecule has 2 rings (SSSR count). The third-order valence-electron chi connectivity index (χ3n) is 3.02. The average molecular weight is 287 g/mol. The number of amides is 1. The highest BCUT2D eigenvalue weighted by molar-refractivity contribution is 6.08. The molecule has 0 radical (unpaired) electrons. The summed E-state index contributed by atoms with van der Waals surface area (Å²) in [5, 5.41) is 14.1. The van der Waals surface area contributed by atoms with Crippen LogP contribution in [0.1, 0.15) is 29.8 Å². The summed E-state index contributed by atoms with van der Waals surface area (Å²) < 4.78 is 4.70. The molecule has 5 nitrogen and oxygen atoms in total. The number of phenolic OH excluding ortho intramolecular Hbond substituents is 1. The van der Waals surface area contributed by atoms with Crippen LogP contribution in [0.25, 0.3) is 10.8 Å². The lowest BCUT2D eigenvalue weighted by Crippen LogP contribution is -2.30. The average Bonchev–Trinajstić information content (AvgIpc) is 2.43. The van der Waals surface area contributed by atoms with Gasteiger partial charge in [0.15, 0.2) is 0 Å². The zero-order chi connectivity index (χ0) is 15.4. The van der Waals surface area contributed by atoms with Crippen molar-refractivity contribution in [2.75, 3.05) is 0 Å². The first-order chi connectivity index (χ1) is 10.0. The zero-order valence-corrected chi connectivity index (χ0v) is 11.9. The molecular formula is C16H17NO4. The van der Waals surface area contributed by atoms with Crippen molar-refractivity contribution < 1.29 is 19.4 Å². The van der Waals surface area contributed by atoms with Crippen molar-refractivity contribution in [1.82, 2.24) is 5.32 Å². The predicted molar refractivity (Wildman–Crippen MR) is 79.1 cm³/mol. The Hall–Kier alpha value is -2.56. The van der Waals surface area contributed by atoms with E-state index < -0.39 is 0 Å². The van der Waals surface area contributed by atoms with Crippen molar-refractivity contribution in [3.8, 4) is 5.75 Å². The van der Waals surface area contributed by atoms with Gasteiger partial charge in [0.05, 0.1) is 0 Å². The van der Waals surface area contributed by atoms with Gasteiger partial charge in [-0.3, -0.25) is 9.59 Å². The van der Waals surface area contributed by atoms with Crippen LogP contribution in [0.5, 0.6) is 5.75 Å². The SMILES string of the molecule is CC(C)NC(=O)c1cccc2c(O)cc(COC=O)cc12. The molecule has 0 atom stereocenters. The molecular weight excluding hydrogens is 270 g/mol. The number of carbonyl (C=O) groups is 2. The van der Waals surface area contributed by atoms with Crippen LogP contribution in [0.2, 0.25) is 0 Å². The van der Waals surface area contributed by atoms with Crippen LogP contribution in [0.4, 0.5) is 0 Å². The van der Waals surface area contributed by atoms with E-state index in [1.54, 1.807) is 24.3 Å². The van der Waals surface area contributed by atoms with E-state index in [4.69, 9.17) is 4.74 Å². The fourth-order valence-electron chi connectivity index (χ4n) is 2.18. The Morgan fingerprint density at radius 3 is 2.76 bits per heavy atom. The minimum absolute atomic E-state index is 0.0166. The van der Waals surface area contributed by atoms with Crippen molar-refractivity contribution in [1.29, 1.82) is 0 Å². The number of fused-ring (bicyclic) bond motifs is 1. The highest BCUT2D eigenvalue weighted by Crippen LogP contribution is 2.29. The molecule has 2 N–H and O–H groups in total. The highest BCUT2D eigenvalue weighted by Gasteiger charge is 2.13. The first-order valence-electron chi connectivity index (χ1n) is 6.63. The second-order valence-corrected chi connectivity index (χ2v) is 5.05. The minimum atomic E-state index is -0.205. The molecule has 0 heterocycles. The number of benzene rings is 2. The number of hydrogen-bond donors (Lipinski definition) is 2. The van der Waals surface area contributed by atoms with E-state index in [9.17, 15) is 14.7 Å². The Kier molecular flexibility index (Phi) is 4.42. The molecule has 0 aliphatic heterocycles. The van der Waals surface area contributed by atoms with Crippen molar-refractivity contribution >= 4 is 23.2 Å². The van der Waals surface area contributed by atoms with Gasteiger partial charge in [0, 0.05) is 17.0 Å². The summed E-state index contributed by atoms with van der Waals surface area (Å²) in [6, 6.07) is 8.44. The van der Waals surface area contributed by atoms with Crippen LogP contribution in [0.3, 0.4) is 0 Å². The Bertz CT molecular complexity index is 679. The predicted octanol–water partition coefficient (Wildman–Crippen LogP) is 2.36. The summed E-state index contributed by atoms with van der Waals surface area (Å²) in [7, 11) is 0. The maximum absolute atomic E-state index is 12.2. The van der Waals surface area contributed by atoms with Crippen LogP contribution in [-0.4, -0.2) is 23.5 Å². The molecule has 5 heteroatoms. The molecule has 0 aromatic heterocycles. The molecule has 0 unspecified atom stereocenters. The van der Waals surface area contributed by atoms with Gasteiger partial charge in [-0.2, -0.15) is 0 Å². The molecule has 0 fully saturated rings. The summed E-state index contributed by atoms with van der Waals surface area (Å²) in [6.45, 7) is 4.15. The molecule has 0 bridgehead atoms. The number of phenols is 1. The van der Waals surface area contributed by atoms with E-state index in [0.29, 0.717) is 28.4 Å². The fraction of sp³-hybridized carbons (Fsp3) is 0.250. The molecule has 0 spiro atoms. The summed E-state index contributed by atoms with van der Waals surface area (Å²) in [5.74, 6) is -0.153. The quantitative estimate of drug-likeness (QED) is 0.828. The number of hydrogen-bond acceptors (Lipinski definition) is 4. The smallest absolute Gasteiger partial charge is 0.293 e. The van der Waals surface area contributed by atoms with Crippen molar-refractivity contribution in [2.45, 2.75) is 26.5 Å². The maximum Gasteiger partial charge on any atom is 0.293 e. The lowest BCUT2D eigenvalue weighted by atomic mass is 10.0. The lowest BCUT2D eigenvalue weighted by Gasteiger charge is -2.12. The van der Waals surface area contributed by atoms with E-state index in [-0.39, 0.29) is 24.3 Å². The summed E-state index contributed by atoms with van der Waals surface area (Å²) in [6.07, 6.45) is 0. The van der Waals surface area contributed by atoms with Crippen LogP contribution in [0.15, 0.2) is 30.3 Å². The van der Waals surface area contributed by atoms with Crippen LogP contribution < -0.4 is 5.32 Å². The topological polar surface area (TPSA) is 75.6 Å². The van der Waals surface area contributed by atoms with Gasteiger partial charge in [-0.25, -0.2) is 0 Å². The van der Waals surface area contributed by atoms with Gasteiger partial charge in [0.2, 0.25) is 0 Å². The third kappa shape index (κ3) is 3.31. The van der Waals surface area contributed by atoms with Crippen LogP contribution in [0, 0.1) is 0 Å². The first kappa shape index (κ1) is 14.8. The van der Waals surface area contributed by atoms with Crippen molar-refractivity contribution in [3.05, 3.63) is 41.5 Å². The number of carbonyl (C=O) groups excluding carboxylic acids is 2. The van der Waals surface area contributed by atoms with E-state index >= 15 is 0 Å². The Morgan fingerprint density at radius 1 is 1.33 bits per heavy atom. The van der Waals surface area contributed by atoms with E-state index in [1.165, 1.54) is 6.07 Å². The van der Waals surface area contributed by atoms with Gasteiger partial charge in [-0.15, -0.1) is 0 Å². The molecule has 2 aromatic carbocycles. The molecule has 0 aliphatic rings. The molecule has 0 saturated heterocycles. The Balaban J connectivity index is 2.52. The molecule has 21 heavy (non-hydrogen) atoms. The highest BCUT2D eigenvalue weighted by atomic mass is 16.5. The monoisotopic (exact) mass is 287 g/mol. The van der Waals surface area contributed by atoms with Gasteiger partial charge in [-0.05, 0) is 43.0 Å². The van der Waals surface area contributed by atoms with Gasteiger partial charge >= 0.3 is 0 Å². The number of rotatable bonds is 5. The third-order valence-corrected chi connectivity index (χ3v) is 3.02. The summed E-state index contributed by atoms with van der Waals surface area (Å²) >= 11 is 0. The van der Waals surface area contributed by atoms with Crippen molar-refractivity contribution in [3.63, 3.8) is 0 Å². The van der Waals surface area contributed by atoms with Crippen LogP contribution >= 0.6 is 0 Å². The Labute approximate surface area is 122 Å². The number of ether oxygens (including phenoxy) is 1. The van der Waals surface area contributed by atoms with Crippen molar-refractivity contribution in [2.24, 2.45) is 0 Å². The lowest BCUT2D eigenvalue weighted by molar-refractivity contribution is -0.129. The normalized spacial score (nSPS) is 10.6. The van der Waals surface area contributed by atoms with Gasteiger partial charge < -0.3 is 15.2 Å². The second-order valence-electron chi connectivity index (χ2n) is 5.05. The number of aromatic hydroxyl groups is 1.